The smallest absolute Gasteiger partial charge is 0.337 e. The summed E-state index contributed by atoms with van der Waals surface area (Å²) in [5, 5.41) is 3.07. The van der Waals surface area contributed by atoms with Crippen LogP contribution in [0.4, 0.5) is 8.78 Å². The second kappa shape index (κ2) is 6.87. The molecule has 0 bridgehead atoms. The predicted octanol–water partition coefficient (Wildman–Crippen LogP) is 2.83. The zero-order valence-corrected chi connectivity index (χ0v) is 13.5. The van der Waals surface area contributed by atoms with Crippen molar-refractivity contribution in [2.45, 2.75) is 13.0 Å². The van der Waals surface area contributed by atoms with Gasteiger partial charge in [-0.25, -0.2) is 13.6 Å². The Morgan fingerprint density at radius 3 is 2.61 bits per heavy atom. The number of hydrogen-bond acceptors (Lipinski definition) is 3. The second-order valence-corrected chi connectivity index (χ2v) is 5.29. The lowest BCUT2D eigenvalue weighted by molar-refractivity contribution is -0.136. The van der Waals surface area contributed by atoms with Crippen LogP contribution in [0.2, 0.25) is 0 Å². The average molecular weight is 338 g/mol. The monoisotopic (exact) mass is 338 g/mol. The van der Waals surface area contributed by atoms with Crippen LogP contribution in [0.25, 0.3) is 0 Å². The van der Waals surface area contributed by atoms with Gasteiger partial charge in [-0.15, -0.1) is 6.58 Å². The Balaban J connectivity index is 2.65. The summed E-state index contributed by atoms with van der Waals surface area (Å²) in [5.74, 6) is -2.22. The average Bonchev–Trinajstić information content (AvgIpc) is 2.50. The molecular weight excluding hydrogens is 322 g/mol. The van der Waals surface area contributed by atoms with Crippen LogP contribution in [0.5, 0.6) is 0 Å². The van der Waals surface area contributed by atoms with Crippen molar-refractivity contribution in [2.75, 3.05) is 13.7 Å². The van der Waals surface area contributed by atoms with Crippen molar-refractivity contribution in [3.63, 3.8) is 0 Å². The summed E-state index contributed by atoms with van der Waals surface area (Å²) in [6, 6.07) is 2.46. The largest absolute Gasteiger partial charge is 0.466 e. The molecule has 0 unspecified atom stereocenters. The van der Waals surface area contributed by atoms with Gasteiger partial charge in [0.2, 0.25) is 0 Å². The van der Waals surface area contributed by atoms with Crippen molar-refractivity contribution in [1.29, 1.82) is 0 Å². The van der Waals surface area contributed by atoms with E-state index in [1.165, 1.54) is 13.2 Å². The van der Waals surface area contributed by atoms with Gasteiger partial charge in [0.1, 0.15) is 11.6 Å². The van der Waals surface area contributed by atoms with E-state index in [2.05, 4.69) is 11.9 Å². The van der Waals surface area contributed by atoms with Gasteiger partial charge in [-0.2, -0.15) is 0 Å². The number of carbonyl (C=O) groups is 1. The quantitative estimate of drug-likeness (QED) is 0.519. The summed E-state index contributed by atoms with van der Waals surface area (Å²) in [7, 11) is 1.21. The third-order valence-electron chi connectivity index (χ3n) is 3.60. The third kappa shape index (κ3) is 3.10. The van der Waals surface area contributed by atoms with E-state index in [9.17, 15) is 13.6 Å². The molecule has 0 radical (unpaired) electrons. The highest BCUT2D eigenvalue weighted by Gasteiger charge is 2.36. The number of nitrogens with one attached hydrogen (secondary N) is 1. The van der Waals surface area contributed by atoms with E-state index in [0.717, 1.165) is 12.1 Å². The minimum atomic E-state index is -1.06. The summed E-state index contributed by atoms with van der Waals surface area (Å²) < 4.78 is 33.1. The molecule has 1 aliphatic rings. The molecule has 1 heterocycles. The molecule has 1 aromatic carbocycles. The number of ether oxygens (including phenoxy) is 1. The lowest BCUT2D eigenvalue weighted by Gasteiger charge is -2.37. The fourth-order valence-electron chi connectivity index (χ4n) is 2.51. The topological polar surface area (TPSA) is 41.6 Å². The molecule has 4 nitrogen and oxygen atoms in total. The van der Waals surface area contributed by atoms with E-state index in [1.807, 2.05) is 0 Å². The van der Waals surface area contributed by atoms with Crippen molar-refractivity contribution < 1.29 is 18.3 Å². The molecule has 0 amide bonds. The first-order chi connectivity index (χ1) is 10.9. The number of rotatable bonds is 4. The van der Waals surface area contributed by atoms with E-state index in [4.69, 9.17) is 17.0 Å². The molecule has 0 fully saturated rings. The molecule has 1 atom stereocenters. The second-order valence-electron chi connectivity index (χ2n) is 4.91. The minimum absolute atomic E-state index is 0.104. The van der Waals surface area contributed by atoms with Gasteiger partial charge >= 0.3 is 5.97 Å². The van der Waals surface area contributed by atoms with E-state index in [-0.39, 0.29) is 16.2 Å². The first-order valence-corrected chi connectivity index (χ1v) is 7.25. The Kier molecular flexibility index (Phi) is 5.10. The summed E-state index contributed by atoms with van der Waals surface area (Å²) in [6.07, 6.45) is 1.61. The fraction of sp³-hybridized carbons (Fsp3) is 0.250. The molecule has 0 aliphatic carbocycles. The van der Waals surface area contributed by atoms with Crippen molar-refractivity contribution in [2.24, 2.45) is 0 Å². The predicted molar refractivity (Wildman–Crippen MR) is 86.5 cm³/mol. The van der Waals surface area contributed by atoms with Crippen LogP contribution >= 0.6 is 12.2 Å². The van der Waals surface area contributed by atoms with Crippen LogP contribution in [0.3, 0.4) is 0 Å². The Morgan fingerprint density at radius 2 is 2.09 bits per heavy atom. The van der Waals surface area contributed by atoms with Gasteiger partial charge in [0, 0.05) is 12.2 Å². The molecule has 0 aromatic heterocycles. The number of halogens is 2. The number of hydrogen-bond donors (Lipinski definition) is 1. The molecule has 0 saturated heterocycles. The molecule has 1 aromatic rings. The van der Waals surface area contributed by atoms with Crippen molar-refractivity contribution in [3.05, 3.63) is 59.3 Å². The number of methoxy groups -OCH3 is 1. The molecule has 23 heavy (non-hydrogen) atoms. The van der Waals surface area contributed by atoms with Gasteiger partial charge < -0.3 is 15.0 Å². The third-order valence-corrected chi connectivity index (χ3v) is 3.94. The lowest BCUT2D eigenvalue weighted by Crippen LogP contribution is -2.48. The van der Waals surface area contributed by atoms with Crippen molar-refractivity contribution in [1.82, 2.24) is 10.2 Å². The first kappa shape index (κ1) is 17.1. The van der Waals surface area contributed by atoms with Gasteiger partial charge in [0.25, 0.3) is 0 Å². The highest BCUT2D eigenvalue weighted by Crippen LogP contribution is 2.33. The summed E-state index contributed by atoms with van der Waals surface area (Å²) in [4.78, 5) is 13.8. The number of nitrogens with zero attached hydrogens (tertiary/aromatic N) is 1. The molecule has 0 spiro atoms. The summed E-state index contributed by atoms with van der Waals surface area (Å²) in [6.45, 7) is 5.63. The van der Waals surface area contributed by atoms with Gasteiger partial charge in [-0.05, 0) is 31.3 Å². The van der Waals surface area contributed by atoms with Crippen LogP contribution in [-0.4, -0.2) is 29.6 Å². The number of benzene rings is 1. The van der Waals surface area contributed by atoms with Gasteiger partial charge in [0.15, 0.2) is 5.11 Å². The molecular formula is C16H16F2N2O2S. The molecule has 2 rings (SSSR count). The Labute approximate surface area is 138 Å². The minimum Gasteiger partial charge on any atom is -0.466 e. The van der Waals surface area contributed by atoms with Crippen LogP contribution in [0.15, 0.2) is 42.1 Å². The molecule has 1 aliphatic heterocycles. The summed E-state index contributed by atoms with van der Waals surface area (Å²) in [5.41, 5.74) is 0.299. The zero-order valence-electron chi connectivity index (χ0n) is 12.7. The SMILES string of the molecule is C=CCN1C(=S)N[C@@H](c2c(F)cccc2F)C(C(=O)OC)=C1C. The lowest BCUT2D eigenvalue weighted by atomic mass is 9.94. The number of carbonyl (C=O) groups excluding carboxylic acids is 1. The van der Waals surface area contributed by atoms with Crippen LogP contribution in [0, 0.1) is 11.6 Å². The maximum absolute atomic E-state index is 14.1. The fourth-order valence-corrected chi connectivity index (χ4v) is 2.84. The maximum Gasteiger partial charge on any atom is 0.337 e. The molecule has 0 saturated carbocycles. The number of thiocarbonyl (C=S) groups is 1. The Hall–Kier alpha value is -2.28. The highest BCUT2D eigenvalue weighted by atomic mass is 32.1. The van der Waals surface area contributed by atoms with Gasteiger partial charge in [-0.1, -0.05) is 12.1 Å². The molecule has 122 valence electrons. The Morgan fingerprint density at radius 1 is 1.48 bits per heavy atom. The zero-order chi connectivity index (χ0) is 17.1. The van der Waals surface area contributed by atoms with E-state index in [1.54, 1.807) is 17.9 Å². The maximum atomic E-state index is 14.1. The van der Waals surface area contributed by atoms with Crippen molar-refractivity contribution in [3.8, 4) is 0 Å². The Bertz CT molecular complexity index is 683. The van der Waals surface area contributed by atoms with Crippen LogP contribution < -0.4 is 5.32 Å². The number of allylic oxidation sites excluding steroid dienone is 1. The first-order valence-electron chi connectivity index (χ1n) is 6.84. The number of esters is 1. The van der Waals surface area contributed by atoms with Crippen LogP contribution in [0.1, 0.15) is 18.5 Å². The van der Waals surface area contributed by atoms with Crippen molar-refractivity contribution >= 4 is 23.3 Å². The summed E-state index contributed by atoms with van der Waals surface area (Å²) >= 11 is 5.24. The molecule has 7 heteroatoms. The van der Waals surface area contributed by atoms with Gasteiger partial charge in [-0.3, -0.25) is 0 Å². The van der Waals surface area contributed by atoms with E-state index < -0.39 is 23.6 Å². The highest BCUT2D eigenvalue weighted by molar-refractivity contribution is 7.80. The van der Waals surface area contributed by atoms with E-state index >= 15 is 0 Å². The van der Waals surface area contributed by atoms with Crippen LogP contribution in [-0.2, 0) is 9.53 Å². The molecule has 1 N–H and O–H groups in total. The normalized spacial score (nSPS) is 17.8. The van der Waals surface area contributed by atoms with E-state index in [0.29, 0.717) is 12.2 Å². The van der Waals surface area contributed by atoms with Gasteiger partial charge in [0.05, 0.1) is 24.3 Å². The standard InChI is InChI=1S/C16H16F2N2O2S/c1-4-8-20-9(2)12(15(21)22-3)14(19-16(20)23)13-10(17)6-5-7-11(13)18/h4-7,14H,1,8H2,2-3H3,(H,19,23)/t14-/m1/s1.